The highest BCUT2D eigenvalue weighted by atomic mass is 16.5. The third-order valence-electron chi connectivity index (χ3n) is 4.24. The fourth-order valence-electron chi connectivity index (χ4n) is 2.82. The summed E-state index contributed by atoms with van der Waals surface area (Å²) < 4.78 is 5.63. The summed E-state index contributed by atoms with van der Waals surface area (Å²) in [6.07, 6.45) is 6.30. The lowest BCUT2D eigenvalue weighted by atomic mass is 10.1. The molecule has 0 bridgehead atoms. The number of fused-ring (bicyclic) bond motifs is 1. The first-order chi connectivity index (χ1) is 14.6. The van der Waals surface area contributed by atoms with Gasteiger partial charge in [0.25, 0.3) is 0 Å². The molecule has 156 valence electrons. The first-order valence-electron chi connectivity index (χ1n) is 9.86. The van der Waals surface area contributed by atoms with Crippen LogP contribution in [-0.4, -0.2) is 47.2 Å². The second-order valence-electron chi connectivity index (χ2n) is 6.74. The standard InChI is InChI=1S/C22H27N7O/c1-16-6-8-19-18(15-16)21(26-12-14-30-13-4-11-27-22(23)24)29-20(28-19)9-7-17-5-2-3-10-25-17/h2-3,5-10,15H,4,11-14H2,1H3,(H4,23,24,27)(H,26,28,29). The van der Waals surface area contributed by atoms with Gasteiger partial charge in [-0.1, -0.05) is 17.7 Å². The van der Waals surface area contributed by atoms with E-state index in [2.05, 4.69) is 38.3 Å². The quantitative estimate of drug-likeness (QED) is 0.269. The predicted octanol–water partition coefficient (Wildman–Crippen LogP) is 2.60. The average molecular weight is 406 g/mol. The molecule has 5 N–H and O–H groups in total. The molecule has 2 heterocycles. The van der Waals surface area contributed by atoms with Gasteiger partial charge in [-0.25, -0.2) is 9.97 Å². The molecule has 0 fully saturated rings. The molecule has 1 aromatic carbocycles. The molecule has 3 rings (SSSR count). The molecule has 0 aliphatic carbocycles. The van der Waals surface area contributed by atoms with Crippen LogP contribution in [0.2, 0.25) is 0 Å². The van der Waals surface area contributed by atoms with E-state index in [1.807, 2.05) is 42.5 Å². The monoisotopic (exact) mass is 405 g/mol. The number of aryl methyl sites for hydroxylation is 1. The fraction of sp³-hybridized carbons (Fsp3) is 0.273. The van der Waals surface area contributed by atoms with Crippen LogP contribution in [-0.2, 0) is 4.74 Å². The topological polar surface area (TPSA) is 124 Å². The van der Waals surface area contributed by atoms with Gasteiger partial charge >= 0.3 is 0 Å². The Morgan fingerprint density at radius 2 is 2.03 bits per heavy atom. The molecular formula is C22H27N7O. The van der Waals surface area contributed by atoms with Crippen LogP contribution >= 0.6 is 0 Å². The van der Waals surface area contributed by atoms with Crippen LogP contribution in [0.1, 0.15) is 23.5 Å². The molecule has 0 saturated heterocycles. The van der Waals surface area contributed by atoms with Gasteiger partial charge in [-0.2, -0.15) is 0 Å². The Morgan fingerprint density at radius 3 is 2.83 bits per heavy atom. The molecule has 0 radical (unpaired) electrons. The molecular weight excluding hydrogens is 378 g/mol. The van der Waals surface area contributed by atoms with E-state index in [0.717, 1.165) is 34.4 Å². The zero-order valence-electron chi connectivity index (χ0n) is 17.1. The zero-order chi connectivity index (χ0) is 21.2. The molecule has 2 aromatic heterocycles. The number of ether oxygens (including phenoxy) is 1. The highest BCUT2D eigenvalue weighted by molar-refractivity contribution is 5.90. The average Bonchev–Trinajstić information content (AvgIpc) is 2.75. The Morgan fingerprint density at radius 1 is 1.13 bits per heavy atom. The lowest BCUT2D eigenvalue weighted by Crippen LogP contribution is -2.23. The van der Waals surface area contributed by atoms with E-state index in [-0.39, 0.29) is 5.96 Å². The number of aromatic nitrogens is 3. The van der Waals surface area contributed by atoms with Crippen molar-refractivity contribution in [1.82, 2.24) is 15.0 Å². The van der Waals surface area contributed by atoms with Crippen LogP contribution < -0.4 is 16.8 Å². The Kier molecular flexibility index (Phi) is 7.68. The van der Waals surface area contributed by atoms with Crippen LogP contribution in [0.4, 0.5) is 5.82 Å². The minimum atomic E-state index is 0.107. The van der Waals surface area contributed by atoms with Crippen LogP contribution in [0.25, 0.3) is 23.1 Å². The molecule has 0 spiro atoms. The molecule has 0 unspecified atom stereocenters. The van der Waals surface area contributed by atoms with Crippen molar-refractivity contribution in [2.75, 3.05) is 31.6 Å². The zero-order valence-corrected chi connectivity index (χ0v) is 17.1. The van der Waals surface area contributed by atoms with Crippen molar-refractivity contribution in [2.45, 2.75) is 13.3 Å². The third-order valence-corrected chi connectivity index (χ3v) is 4.24. The Labute approximate surface area is 176 Å². The summed E-state index contributed by atoms with van der Waals surface area (Å²) in [5, 5.41) is 4.35. The summed E-state index contributed by atoms with van der Waals surface area (Å²) in [5.74, 6) is 1.52. The number of pyridine rings is 1. The van der Waals surface area contributed by atoms with Crippen LogP contribution in [0.3, 0.4) is 0 Å². The maximum Gasteiger partial charge on any atom is 0.185 e. The number of hydrogen-bond donors (Lipinski definition) is 3. The number of nitrogens with one attached hydrogen (secondary N) is 1. The minimum absolute atomic E-state index is 0.107. The molecule has 0 aliphatic rings. The second kappa shape index (κ2) is 10.9. The Hall–Kier alpha value is -3.52. The first kappa shape index (κ1) is 21.2. The van der Waals surface area contributed by atoms with E-state index < -0.39 is 0 Å². The second-order valence-corrected chi connectivity index (χ2v) is 6.74. The molecule has 0 saturated carbocycles. The van der Waals surface area contributed by atoms with Crippen molar-refractivity contribution >= 4 is 34.8 Å². The number of nitrogens with two attached hydrogens (primary N) is 2. The summed E-state index contributed by atoms with van der Waals surface area (Å²) in [6.45, 7) is 4.40. The number of nitrogens with zero attached hydrogens (tertiary/aromatic N) is 4. The molecule has 3 aromatic rings. The minimum Gasteiger partial charge on any atom is -0.380 e. The summed E-state index contributed by atoms with van der Waals surface area (Å²) in [6, 6.07) is 11.9. The van der Waals surface area contributed by atoms with Crippen LogP contribution in [0, 0.1) is 6.92 Å². The van der Waals surface area contributed by atoms with E-state index in [1.54, 1.807) is 6.20 Å². The lowest BCUT2D eigenvalue weighted by Gasteiger charge is -2.11. The van der Waals surface area contributed by atoms with Gasteiger partial charge in [0.2, 0.25) is 0 Å². The van der Waals surface area contributed by atoms with Crippen LogP contribution in [0.5, 0.6) is 0 Å². The number of anilines is 1. The van der Waals surface area contributed by atoms with Crippen molar-refractivity contribution in [3.63, 3.8) is 0 Å². The Bertz CT molecular complexity index is 1010. The van der Waals surface area contributed by atoms with E-state index >= 15 is 0 Å². The molecule has 0 atom stereocenters. The molecule has 30 heavy (non-hydrogen) atoms. The number of benzene rings is 1. The highest BCUT2D eigenvalue weighted by Gasteiger charge is 2.07. The number of hydrogen-bond acceptors (Lipinski definition) is 6. The molecule has 0 aliphatic heterocycles. The van der Waals surface area contributed by atoms with Crippen LogP contribution in [0.15, 0.2) is 47.6 Å². The van der Waals surface area contributed by atoms with Crippen molar-refractivity contribution in [2.24, 2.45) is 16.5 Å². The van der Waals surface area contributed by atoms with Crippen molar-refractivity contribution < 1.29 is 4.74 Å². The van der Waals surface area contributed by atoms with Crippen molar-refractivity contribution in [3.05, 3.63) is 59.7 Å². The Balaban J connectivity index is 1.65. The van der Waals surface area contributed by atoms with Gasteiger partial charge < -0.3 is 21.5 Å². The van der Waals surface area contributed by atoms with Gasteiger partial charge in [-0.3, -0.25) is 9.98 Å². The lowest BCUT2D eigenvalue weighted by molar-refractivity contribution is 0.143. The normalized spacial score (nSPS) is 11.1. The summed E-state index contributed by atoms with van der Waals surface area (Å²) >= 11 is 0. The predicted molar refractivity (Wildman–Crippen MR) is 122 cm³/mol. The summed E-state index contributed by atoms with van der Waals surface area (Å²) in [7, 11) is 0. The van der Waals surface area contributed by atoms with E-state index in [4.69, 9.17) is 16.2 Å². The maximum atomic E-state index is 5.63. The van der Waals surface area contributed by atoms with Crippen molar-refractivity contribution in [3.8, 4) is 0 Å². The van der Waals surface area contributed by atoms with Gasteiger partial charge in [-0.15, -0.1) is 0 Å². The van der Waals surface area contributed by atoms with Gasteiger partial charge in [0.05, 0.1) is 17.8 Å². The van der Waals surface area contributed by atoms with E-state index in [0.29, 0.717) is 32.1 Å². The first-order valence-corrected chi connectivity index (χ1v) is 9.86. The fourth-order valence-corrected chi connectivity index (χ4v) is 2.82. The maximum absolute atomic E-state index is 5.63. The third kappa shape index (κ3) is 6.52. The molecule has 8 heteroatoms. The highest BCUT2D eigenvalue weighted by Crippen LogP contribution is 2.22. The molecule has 0 amide bonds. The number of rotatable bonds is 10. The van der Waals surface area contributed by atoms with Gasteiger partial charge in [0, 0.05) is 31.3 Å². The van der Waals surface area contributed by atoms with Gasteiger partial charge in [-0.05, 0) is 49.8 Å². The summed E-state index contributed by atoms with van der Waals surface area (Å²) in [5.41, 5.74) is 13.5. The van der Waals surface area contributed by atoms with E-state index in [9.17, 15) is 0 Å². The van der Waals surface area contributed by atoms with Crippen molar-refractivity contribution in [1.29, 1.82) is 0 Å². The smallest absolute Gasteiger partial charge is 0.185 e. The SMILES string of the molecule is Cc1ccc2nc(C=Cc3ccccn3)nc(NCCOCCCN=C(N)N)c2c1. The van der Waals surface area contributed by atoms with E-state index in [1.165, 1.54) is 0 Å². The molecule has 8 nitrogen and oxygen atoms in total. The number of guanidine groups is 1. The summed E-state index contributed by atoms with van der Waals surface area (Å²) in [4.78, 5) is 17.6. The largest absolute Gasteiger partial charge is 0.380 e. The number of aliphatic imine (C=N–C) groups is 1. The van der Waals surface area contributed by atoms with Gasteiger partial charge in [0.15, 0.2) is 11.8 Å². The van der Waals surface area contributed by atoms with Gasteiger partial charge in [0.1, 0.15) is 5.82 Å².